The first kappa shape index (κ1) is 32.5. The maximum Gasteiger partial charge on any atom is 0.418 e. The predicted molar refractivity (Wildman–Crippen MR) is 170 cm³/mol. The summed E-state index contributed by atoms with van der Waals surface area (Å²) < 4.78 is 49.4. The van der Waals surface area contributed by atoms with E-state index in [9.17, 15) is 22.8 Å². The molecular formula is C31H36F3N9O3. The third-order valence-electron chi connectivity index (χ3n) is 7.52. The second-order valence-corrected chi connectivity index (χ2v) is 12.0. The van der Waals surface area contributed by atoms with Crippen LogP contribution < -0.4 is 20.0 Å². The fourth-order valence-corrected chi connectivity index (χ4v) is 4.99. The Morgan fingerprint density at radius 1 is 0.913 bits per heavy atom. The summed E-state index contributed by atoms with van der Waals surface area (Å²) in [5.74, 6) is 0.273. The lowest BCUT2D eigenvalue weighted by Crippen LogP contribution is -2.45. The van der Waals surface area contributed by atoms with Gasteiger partial charge in [-0.3, -0.25) is 14.4 Å². The van der Waals surface area contributed by atoms with Crippen LogP contribution in [-0.4, -0.2) is 89.5 Å². The summed E-state index contributed by atoms with van der Waals surface area (Å²) in [6.07, 6.45) is -2.32. The third-order valence-corrected chi connectivity index (χ3v) is 7.52. The van der Waals surface area contributed by atoms with Crippen molar-refractivity contribution in [2.75, 3.05) is 67.3 Å². The van der Waals surface area contributed by atoms with Crippen molar-refractivity contribution in [3.8, 4) is 5.69 Å². The maximum atomic E-state index is 14.1. The zero-order valence-corrected chi connectivity index (χ0v) is 26.5. The van der Waals surface area contributed by atoms with Crippen LogP contribution in [0.2, 0.25) is 0 Å². The number of urea groups is 1. The quantitative estimate of drug-likeness (QED) is 0.299. The number of nitrogens with one attached hydrogen (secondary N) is 1. The molecule has 0 spiro atoms. The van der Waals surface area contributed by atoms with Crippen molar-refractivity contribution in [2.45, 2.75) is 32.5 Å². The summed E-state index contributed by atoms with van der Waals surface area (Å²) in [6, 6.07) is 10.1. The molecule has 12 nitrogen and oxygen atoms in total. The van der Waals surface area contributed by atoms with Gasteiger partial charge >= 0.3 is 18.3 Å². The number of carbonyl (C=O) groups is 2. The van der Waals surface area contributed by atoms with E-state index in [2.05, 4.69) is 25.2 Å². The first-order valence-electron chi connectivity index (χ1n) is 14.6. The van der Waals surface area contributed by atoms with Gasteiger partial charge in [-0.2, -0.15) is 13.2 Å². The van der Waals surface area contributed by atoms with Crippen molar-refractivity contribution in [2.24, 2.45) is 0 Å². The van der Waals surface area contributed by atoms with Crippen LogP contribution in [0.1, 0.15) is 26.3 Å². The lowest BCUT2D eigenvalue weighted by atomic mass is 10.1. The molecule has 2 aromatic carbocycles. The van der Waals surface area contributed by atoms with Crippen molar-refractivity contribution in [3.05, 3.63) is 60.7 Å². The highest BCUT2D eigenvalue weighted by Gasteiger charge is 2.36. The van der Waals surface area contributed by atoms with E-state index in [1.165, 1.54) is 43.8 Å². The van der Waals surface area contributed by atoms with Crippen LogP contribution in [0.15, 0.2) is 55.1 Å². The predicted octanol–water partition coefficient (Wildman–Crippen LogP) is 5.63. The third kappa shape index (κ3) is 6.98. The number of nitrogens with zero attached hydrogens (tertiary/aromatic N) is 8. The Balaban J connectivity index is 1.31. The fourth-order valence-electron chi connectivity index (χ4n) is 4.99. The number of rotatable bonds is 5. The molecule has 0 radical (unpaired) electrons. The van der Waals surface area contributed by atoms with E-state index in [1.54, 1.807) is 54.5 Å². The number of piperazine rings is 1. The molecule has 0 saturated carbocycles. The molecule has 1 aliphatic heterocycles. The van der Waals surface area contributed by atoms with Crippen LogP contribution in [0, 0.1) is 0 Å². The SMILES string of the molecule is CN1CCN(c2ccc(N(C)C(=O)Nc3ccc(-n4cnc5c(N(C)C(=O)OC(C)(C)C)ncnc54)cc3)cc2C(F)(F)F)CC1. The number of hydrogen-bond donors (Lipinski definition) is 1. The van der Waals surface area contributed by atoms with Crippen LogP contribution in [0.25, 0.3) is 16.9 Å². The monoisotopic (exact) mass is 639 g/mol. The van der Waals surface area contributed by atoms with Crippen molar-refractivity contribution in [3.63, 3.8) is 0 Å². The number of aromatic nitrogens is 4. The van der Waals surface area contributed by atoms with Gasteiger partial charge in [-0.05, 0) is 70.3 Å². The smallest absolute Gasteiger partial charge is 0.418 e. The molecule has 5 rings (SSSR count). The molecule has 244 valence electrons. The molecule has 1 aliphatic rings. The molecule has 46 heavy (non-hydrogen) atoms. The Bertz CT molecular complexity index is 1730. The van der Waals surface area contributed by atoms with Gasteiger partial charge in [-0.15, -0.1) is 0 Å². The molecule has 0 unspecified atom stereocenters. The number of benzene rings is 2. The number of hydrogen-bond acceptors (Lipinski definition) is 8. The number of anilines is 4. The zero-order chi connectivity index (χ0) is 33.4. The molecule has 15 heteroatoms. The standard InChI is InChI=1S/C31H36F3N9O3/c1-30(2,3)46-29(45)41(6)26-25-27(36-18-35-26)43(19-37-25)21-9-7-20(8-10-21)38-28(44)40(5)22-11-12-24(23(17-22)31(32,33)34)42-15-13-39(4)14-16-42/h7-12,17-19H,13-16H2,1-6H3,(H,38,44). The second kappa shape index (κ2) is 12.5. The van der Waals surface area contributed by atoms with E-state index >= 15 is 0 Å². The Morgan fingerprint density at radius 2 is 1.59 bits per heavy atom. The van der Waals surface area contributed by atoms with Crippen LogP contribution in [0.4, 0.5) is 45.6 Å². The number of halogens is 3. The number of carbonyl (C=O) groups excluding carboxylic acids is 2. The Morgan fingerprint density at radius 3 is 2.22 bits per heavy atom. The molecule has 2 aromatic heterocycles. The van der Waals surface area contributed by atoms with Gasteiger partial charge < -0.3 is 19.9 Å². The maximum absolute atomic E-state index is 14.1. The number of ether oxygens (including phenoxy) is 1. The highest BCUT2D eigenvalue weighted by Crippen LogP contribution is 2.39. The summed E-state index contributed by atoms with van der Waals surface area (Å²) >= 11 is 0. The Labute approximate surface area is 264 Å². The minimum absolute atomic E-state index is 0.106. The first-order valence-corrected chi connectivity index (χ1v) is 14.6. The van der Waals surface area contributed by atoms with E-state index in [1.807, 2.05) is 7.05 Å². The molecule has 4 aromatic rings. The first-order chi connectivity index (χ1) is 21.6. The van der Waals surface area contributed by atoms with Gasteiger partial charge in [0.1, 0.15) is 18.3 Å². The van der Waals surface area contributed by atoms with Gasteiger partial charge in [0.05, 0.1) is 5.56 Å². The van der Waals surface area contributed by atoms with Crippen molar-refractivity contribution in [1.82, 2.24) is 24.4 Å². The summed E-state index contributed by atoms with van der Waals surface area (Å²) in [7, 11) is 4.89. The van der Waals surface area contributed by atoms with Gasteiger partial charge in [-0.1, -0.05) is 0 Å². The minimum Gasteiger partial charge on any atom is -0.443 e. The van der Waals surface area contributed by atoms with Gasteiger partial charge in [0.15, 0.2) is 17.0 Å². The molecule has 1 N–H and O–H groups in total. The van der Waals surface area contributed by atoms with Crippen LogP contribution >= 0.6 is 0 Å². The summed E-state index contributed by atoms with van der Waals surface area (Å²) in [5.41, 5.74) is 0.650. The van der Waals surface area contributed by atoms with Gasteiger partial charge in [0.2, 0.25) is 0 Å². The largest absolute Gasteiger partial charge is 0.443 e. The van der Waals surface area contributed by atoms with E-state index in [-0.39, 0.29) is 17.2 Å². The number of alkyl halides is 3. The normalized spacial score (nSPS) is 14.3. The van der Waals surface area contributed by atoms with E-state index in [4.69, 9.17) is 4.74 Å². The van der Waals surface area contributed by atoms with E-state index in [0.717, 1.165) is 11.0 Å². The topological polar surface area (TPSA) is 112 Å². The van der Waals surface area contributed by atoms with Crippen molar-refractivity contribution in [1.29, 1.82) is 0 Å². The number of amides is 3. The summed E-state index contributed by atoms with van der Waals surface area (Å²) in [4.78, 5) is 44.8. The Kier molecular flexibility index (Phi) is 8.80. The van der Waals surface area contributed by atoms with E-state index < -0.39 is 29.5 Å². The van der Waals surface area contributed by atoms with Gasteiger partial charge in [0.25, 0.3) is 0 Å². The van der Waals surface area contributed by atoms with Crippen LogP contribution in [0.5, 0.6) is 0 Å². The van der Waals surface area contributed by atoms with Crippen LogP contribution in [-0.2, 0) is 10.9 Å². The fraction of sp³-hybridized carbons (Fsp3) is 0.387. The molecule has 1 fully saturated rings. The van der Waals surface area contributed by atoms with Crippen molar-refractivity contribution >= 4 is 46.2 Å². The lowest BCUT2D eigenvalue weighted by Gasteiger charge is -2.35. The lowest BCUT2D eigenvalue weighted by molar-refractivity contribution is -0.137. The molecule has 0 atom stereocenters. The summed E-state index contributed by atoms with van der Waals surface area (Å²) in [6.45, 7) is 7.60. The minimum atomic E-state index is -4.59. The average Bonchev–Trinajstić information content (AvgIpc) is 3.44. The average molecular weight is 640 g/mol. The van der Waals surface area contributed by atoms with Crippen molar-refractivity contribution < 1.29 is 27.5 Å². The summed E-state index contributed by atoms with van der Waals surface area (Å²) in [5, 5.41) is 2.73. The molecular weight excluding hydrogens is 603 g/mol. The highest BCUT2D eigenvalue weighted by molar-refractivity contribution is 6.01. The molecule has 3 heterocycles. The zero-order valence-electron chi connectivity index (χ0n) is 26.5. The molecule has 1 saturated heterocycles. The Hall–Kier alpha value is -4.92. The number of likely N-dealkylation sites (N-methyl/N-ethyl adjacent to an activating group) is 1. The molecule has 0 aliphatic carbocycles. The van der Waals surface area contributed by atoms with Crippen LogP contribution in [0.3, 0.4) is 0 Å². The molecule has 0 bridgehead atoms. The molecule has 3 amide bonds. The highest BCUT2D eigenvalue weighted by atomic mass is 19.4. The van der Waals surface area contributed by atoms with E-state index in [0.29, 0.717) is 48.7 Å². The van der Waals surface area contributed by atoms with Gasteiger partial charge in [-0.25, -0.2) is 24.5 Å². The van der Waals surface area contributed by atoms with Gasteiger partial charge in [0, 0.05) is 63.0 Å². The number of fused-ring (bicyclic) bond motifs is 1. The second-order valence-electron chi connectivity index (χ2n) is 12.0. The number of imidazole rings is 1.